The van der Waals surface area contributed by atoms with Crippen LogP contribution < -0.4 is 26.9 Å². The van der Waals surface area contributed by atoms with Gasteiger partial charge in [-0.25, -0.2) is 4.99 Å². The SMILES string of the molecule is FC(F)(F)c1ccc(C(=C2C=[NH+]c3ccc(OCc4ccccc4)cc32)c2c[nH]c3ccc(OCc4ccccc4)cc23)cc1.[Cl-]. The Morgan fingerprint density at radius 3 is 1.93 bits per heavy atom. The summed E-state index contributed by atoms with van der Waals surface area (Å²) in [4.78, 5) is 6.69. The molecule has 0 radical (unpaired) electrons. The molecule has 0 saturated heterocycles. The van der Waals surface area contributed by atoms with Gasteiger partial charge < -0.3 is 26.9 Å². The fourth-order valence-corrected chi connectivity index (χ4v) is 5.56. The first-order valence-corrected chi connectivity index (χ1v) is 14.5. The maximum Gasteiger partial charge on any atom is 0.416 e. The van der Waals surface area contributed by atoms with Crippen LogP contribution >= 0.6 is 0 Å². The first-order valence-electron chi connectivity index (χ1n) is 14.5. The van der Waals surface area contributed by atoms with Gasteiger partial charge in [-0.1, -0.05) is 72.8 Å². The molecule has 0 bridgehead atoms. The van der Waals surface area contributed by atoms with Crippen LogP contribution in [0.2, 0.25) is 0 Å². The lowest BCUT2D eigenvalue weighted by Gasteiger charge is -2.13. The molecule has 46 heavy (non-hydrogen) atoms. The van der Waals surface area contributed by atoms with Crippen molar-refractivity contribution in [3.05, 3.63) is 161 Å². The second kappa shape index (κ2) is 13.0. The number of allylic oxidation sites excluding steroid dienone is 1. The van der Waals surface area contributed by atoms with Crippen molar-refractivity contribution in [3.8, 4) is 11.5 Å². The largest absolute Gasteiger partial charge is 1.00 e. The molecule has 0 aliphatic carbocycles. The van der Waals surface area contributed by atoms with Crippen molar-refractivity contribution in [3.63, 3.8) is 0 Å². The maximum atomic E-state index is 13.5. The minimum absolute atomic E-state index is 0. The highest BCUT2D eigenvalue weighted by molar-refractivity contribution is 6.25. The normalized spacial score (nSPS) is 13.3. The second-order valence-electron chi connectivity index (χ2n) is 10.8. The smallest absolute Gasteiger partial charge is 0.416 e. The number of hydrogen-bond donors (Lipinski definition) is 2. The van der Waals surface area contributed by atoms with Gasteiger partial charge in [0.05, 0.1) is 16.7 Å². The third kappa shape index (κ3) is 6.41. The zero-order valence-corrected chi connectivity index (χ0v) is 25.2. The summed E-state index contributed by atoms with van der Waals surface area (Å²) in [5.74, 6) is 1.38. The van der Waals surface area contributed by atoms with Crippen LogP contribution in [0.3, 0.4) is 0 Å². The maximum absolute atomic E-state index is 13.5. The summed E-state index contributed by atoms with van der Waals surface area (Å²) in [6, 6.07) is 36.8. The average Bonchev–Trinajstić information content (AvgIpc) is 3.68. The number of H-pyrrole nitrogens is 1. The van der Waals surface area contributed by atoms with Crippen molar-refractivity contribution in [1.29, 1.82) is 0 Å². The Morgan fingerprint density at radius 1 is 0.696 bits per heavy atom. The Hall–Kier alpha value is -5.27. The van der Waals surface area contributed by atoms with Gasteiger partial charge in [-0.2, -0.15) is 13.2 Å². The summed E-state index contributed by atoms with van der Waals surface area (Å²) in [5.41, 5.74) is 7.16. The third-order valence-corrected chi connectivity index (χ3v) is 7.84. The highest BCUT2D eigenvalue weighted by Crippen LogP contribution is 2.40. The monoisotopic (exact) mass is 636 g/mol. The molecular formula is C38H28ClF3N2O2. The van der Waals surface area contributed by atoms with E-state index in [0.29, 0.717) is 30.3 Å². The first-order chi connectivity index (χ1) is 21.9. The van der Waals surface area contributed by atoms with Gasteiger partial charge >= 0.3 is 6.18 Å². The number of aromatic amines is 1. The summed E-state index contributed by atoms with van der Waals surface area (Å²) in [6.07, 6.45) is -0.642. The number of rotatable bonds is 8. The average molecular weight is 637 g/mol. The molecule has 230 valence electrons. The molecule has 0 atom stereocenters. The van der Waals surface area contributed by atoms with Crippen LogP contribution in [0.5, 0.6) is 11.5 Å². The summed E-state index contributed by atoms with van der Waals surface area (Å²) in [5, 5.41) is 0.890. The van der Waals surface area contributed by atoms with Gasteiger partial charge in [-0.3, -0.25) is 0 Å². The van der Waals surface area contributed by atoms with E-state index in [9.17, 15) is 13.2 Å². The second-order valence-corrected chi connectivity index (χ2v) is 10.8. The number of alkyl halides is 3. The molecule has 0 unspecified atom stereocenters. The number of halogens is 4. The molecule has 0 spiro atoms. The quantitative estimate of drug-likeness (QED) is 0.244. The van der Waals surface area contributed by atoms with Crippen LogP contribution in [0, 0.1) is 0 Å². The molecular weight excluding hydrogens is 609 g/mol. The molecule has 1 aliphatic heterocycles. The van der Waals surface area contributed by atoms with Crippen molar-refractivity contribution < 1.29 is 40.0 Å². The molecule has 1 aliphatic rings. The predicted octanol–water partition coefficient (Wildman–Crippen LogP) is 5.10. The van der Waals surface area contributed by atoms with E-state index >= 15 is 0 Å². The molecule has 0 amide bonds. The van der Waals surface area contributed by atoms with Crippen molar-refractivity contribution in [2.45, 2.75) is 19.4 Å². The highest BCUT2D eigenvalue weighted by atomic mass is 35.5. The van der Waals surface area contributed by atoms with Gasteiger partial charge in [-0.15, -0.1) is 0 Å². The van der Waals surface area contributed by atoms with E-state index in [1.54, 1.807) is 0 Å². The molecule has 2 N–H and O–H groups in total. The Morgan fingerprint density at radius 2 is 1.30 bits per heavy atom. The molecule has 4 nitrogen and oxygen atoms in total. The van der Waals surface area contributed by atoms with Crippen molar-refractivity contribution in [2.75, 3.05) is 0 Å². The third-order valence-electron chi connectivity index (χ3n) is 7.84. The number of benzene rings is 5. The molecule has 5 aromatic carbocycles. The summed E-state index contributed by atoms with van der Waals surface area (Å²) in [6.45, 7) is 0.825. The van der Waals surface area contributed by atoms with E-state index in [2.05, 4.69) is 9.98 Å². The molecule has 1 aromatic heterocycles. The van der Waals surface area contributed by atoms with Crippen LogP contribution in [0.1, 0.15) is 33.4 Å². The first kappa shape index (κ1) is 30.7. The lowest BCUT2D eigenvalue weighted by atomic mass is 9.89. The van der Waals surface area contributed by atoms with Gasteiger partial charge in [0, 0.05) is 34.3 Å². The van der Waals surface area contributed by atoms with E-state index in [-0.39, 0.29) is 12.4 Å². The van der Waals surface area contributed by atoms with Crippen molar-refractivity contribution in [1.82, 2.24) is 4.98 Å². The minimum Gasteiger partial charge on any atom is -1.00 e. The van der Waals surface area contributed by atoms with Gasteiger partial charge in [0.2, 0.25) is 5.69 Å². The van der Waals surface area contributed by atoms with E-state index in [0.717, 1.165) is 62.1 Å². The standard InChI is InChI=1S/C38H27F3N2O2.ClH/c39-38(40,41)28-13-11-27(12-14-28)37(33-21-42-35-17-15-29(19-31(33)35)44-23-25-7-3-1-4-8-25)34-22-43-36-18-16-30(20-32(34)36)45-24-26-9-5-2-6-10-26;/h1-22,42H,23-24H2;1H. The number of fused-ring (bicyclic) bond motifs is 2. The molecule has 0 fully saturated rings. The van der Waals surface area contributed by atoms with E-state index in [4.69, 9.17) is 9.47 Å². The topological polar surface area (TPSA) is 48.2 Å². The Labute approximate surface area is 270 Å². The van der Waals surface area contributed by atoms with E-state index in [1.807, 2.05) is 109 Å². The number of hydrogen-bond acceptors (Lipinski definition) is 2. The predicted molar refractivity (Wildman–Crippen MR) is 170 cm³/mol. The number of ether oxygens (including phenoxy) is 2. The summed E-state index contributed by atoms with van der Waals surface area (Å²) < 4.78 is 52.8. The Bertz CT molecular complexity index is 2030. The van der Waals surface area contributed by atoms with Crippen LogP contribution in [-0.2, 0) is 19.4 Å². The van der Waals surface area contributed by atoms with Crippen molar-refractivity contribution >= 4 is 34.0 Å². The van der Waals surface area contributed by atoms with E-state index < -0.39 is 11.7 Å². The van der Waals surface area contributed by atoms with Gasteiger partial charge in [-0.05, 0) is 59.2 Å². The summed E-state index contributed by atoms with van der Waals surface area (Å²) in [7, 11) is 0. The number of aromatic nitrogens is 1. The number of nitrogens with one attached hydrogen (secondary N) is 2. The molecule has 6 aromatic rings. The lowest BCUT2D eigenvalue weighted by molar-refractivity contribution is -0.342. The van der Waals surface area contributed by atoms with Gasteiger partial charge in [0.25, 0.3) is 0 Å². The Balaban J connectivity index is 0.00000372. The zero-order valence-electron chi connectivity index (χ0n) is 24.4. The van der Waals surface area contributed by atoms with Gasteiger partial charge in [0.15, 0.2) is 6.21 Å². The van der Waals surface area contributed by atoms with E-state index in [1.165, 1.54) is 12.1 Å². The lowest BCUT2D eigenvalue weighted by Crippen LogP contribution is -3.00. The summed E-state index contributed by atoms with van der Waals surface area (Å²) >= 11 is 0. The van der Waals surface area contributed by atoms with Crippen LogP contribution in [0.4, 0.5) is 18.9 Å². The Kier molecular flexibility index (Phi) is 8.68. The molecule has 0 saturated carbocycles. The van der Waals surface area contributed by atoms with Crippen LogP contribution in [0.25, 0.3) is 22.0 Å². The van der Waals surface area contributed by atoms with Crippen LogP contribution in [-0.4, -0.2) is 11.2 Å². The zero-order chi connectivity index (χ0) is 30.8. The molecule has 2 heterocycles. The molecule has 8 heteroatoms. The fraction of sp³-hybridized carbons (Fsp3) is 0.0789. The highest BCUT2D eigenvalue weighted by Gasteiger charge is 2.31. The fourth-order valence-electron chi connectivity index (χ4n) is 5.56. The van der Waals surface area contributed by atoms with Crippen molar-refractivity contribution in [2.24, 2.45) is 0 Å². The minimum atomic E-state index is -4.43. The van der Waals surface area contributed by atoms with Gasteiger partial charge in [0.1, 0.15) is 24.7 Å². The van der Waals surface area contributed by atoms with Crippen LogP contribution in [0.15, 0.2) is 128 Å². The molecule has 7 rings (SSSR count).